The Morgan fingerprint density at radius 2 is 1.88 bits per heavy atom. The van der Waals surface area contributed by atoms with E-state index in [1.807, 2.05) is 57.1 Å². The quantitative estimate of drug-likeness (QED) is 0.164. The van der Waals surface area contributed by atoms with Crippen LogP contribution in [0.5, 0.6) is 34.5 Å². The van der Waals surface area contributed by atoms with Gasteiger partial charge in [-0.25, -0.2) is 4.79 Å². The second-order valence-corrected chi connectivity index (χ2v) is 17.3. The van der Waals surface area contributed by atoms with Crippen molar-refractivity contribution in [3.05, 3.63) is 68.9 Å². The molecular weight excluding hydrogens is 777 g/mol. The Kier molecular flexibility index (Phi) is 9.67. The predicted octanol–water partition coefficient (Wildman–Crippen LogP) is 4.34. The standard InChI is InChI=1S/C43H48N6O9S/c1-19-10-22-11-24(15-45)49-29-16-55-42(52)43(41-27(12-23(14-44)47-43)26-13-25(53-6)8-9-28(26)46-41)17-59-40(34(49)33(48(4)5)30(22)35(51)36(19)54-7)32-31(29)39-38(56-18-57-39)20(2)37(32)58-21(3)50/h8-10,13,23-24,29,33-34,40,46-47,51H,11-12,14,16-18,44H2,1-7H3/t23-,24?,29+,33+,34-,40-,43-/m1/s1. The summed E-state index contributed by atoms with van der Waals surface area (Å²) < 4.78 is 36.5. The average molecular weight is 825 g/mol. The number of hydrogen-bond acceptors (Lipinski definition) is 15. The number of benzene rings is 3. The molecular formula is C43H48N6O9S. The Hall–Kier alpha value is -5.18. The topological polar surface area (TPSA) is 194 Å². The van der Waals surface area contributed by atoms with Crippen LogP contribution in [0.2, 0.25) is 0 Å². The molecule has 16 heteroatoms. The Morgan fingerprint density at radius 1 is 1.10 bits per heavy atom. The van der Waals surface area contributed by atoms with Crippen LogP contribution < -0.4 is 34.7 Å². The van der Waals surface area contributed by atoms with E-state index < -0.39 is 46.9 Å². The van der Waals surface area contributed by atoms with Gasteiger partial charge in [-0.3, -0.25) is 15.0 Å². The number of phenols is 1. The van der Waals surface area contributed by atoms with Gasteiger partial charge in [-0.1, -0.05) is 6.07 Å². The highest BCUT2D eigenvalue weighted by Crippen LogP contribution is 2.63. The van der Waals surface area contributed by atoms with Crippen LogP contribution >= 0.6 is 11.8 Å². The van der Waals surface area contributed by atoms with Gasteiger partial charge in [-0.15, -0.1) is 11.8 Å². The number of likely N-dealkylation sites (N-methyl/N-ethyl adjacent to an activating group) is 1. The van der Waals surface area contributed by atoms with E-state index in [2.05, 4.69) is 21.3 Å². The van der Waals surface area contributed by atoms with Crippen LogP contribution in [0.1, 0.15) is 68.9 Å². The second-order valence-electron chi connectivity index (χ2n) is 16.2. The van der Waals surface area contributed by atoms with E-state index in [9.17, 15) is 15.2 Å². The zero-order valence-corrected chi connectivity index (χ0v) is 34.9. The Labute approximate surface area is 346 Å². The molecule has 15 nitrogen and oxygen atoms in total. The summed E-state index contributed by atoms with van der Waals surface area (Å²) in [6.07, 6.45) is 0.823. The number of carbonyl (C=O) groups excluding carboxylic acids is 2. The van der Waals surface area contributed by atoms with Crippen LogP contribution in [0.3, 0.4) is 0 Å². The zero-order chi connectivity index (χ0) is 41.7. The number of H-pyrrole nitrogens is 1. The third-order valence-corrected chi connectivity index (χ3v) is 14.2. The number of aromatic nitrogens is 1. The number of aryl methyl sites for hydroxylation is 1. The number of nitrogens with one attached hydrogen (secondary N) is 2. The molecule has 6 aliphatic heterocycles. The third kappa shape index (κ3) is 5.77. The van der Waals surface area contributed by atoms with Crippen molar-refractivity contribution in [3.63, 3.8) is 0 Å². The molecule has 310 valence electrons. The molecule has 0 aliphatic carbocycles. The van der Waals surface area contributed by atoms with Gasteiger partial charge >= 0.3 is 11.9 Å². The monoisotopic (exact) mass is 824 g/mol. The highest BCUT2D eigenvalue weighted by molar-refractivity contribution is 7.99. The van der Waals surface area contributed by atoms with E-state index in [0.29, 0.717) is 63.1 Å². The fourth-order valence-electron chi connectivity index (χ4n) is 10.4. The van der Waals surface area contributed by atoms with Gasteiger partial charge in [0.25, 0.3) is 0 Å². The maximum Gasteiger partial charge on any atom is 0.333 e. The zero-order valence-electron chi connectivity index (χ0n) is 34.1. The van der Waals surface area contributed by atoms with Gasteiger partial charge in [0.15, 0.2) is 28.5 Å². The minimum absolute atomic E-state index is 0.000728. The van der Waals surface area contributed by atoms with Crippen LogP contribution in [-0.4, -0.2) is 104 Å². The molecule has 7 heterocycles. The summed E-state index contributed by atoms with van der Waals surface area (Å²) in [4.78, 5) is 36.0. The summed E-state index contributed by atoms with van der Waals surface area (Å²) in [5.74, 6) is 1.38. The van der Waals surface area contributed by atoms with Gasteiger partial charge < -0.3 is 49.1 Å². The molecule has 4 aromatic rings. The van der Waals surface area contributed by atoms with E-state index in [1.54, 1.807) is 7.11 Å². The molecule has 1 aromatic heterocycles. The number of ether oxygens (including phenoxy) is 6. The summed E-state index contributed by atoms with van der Waals surface area (Å²) in [7, 11) is 7.05. The number of methoxy groups -OCH3 is 2. The minimum Gasteiger partial charge on any atom is -0.504 e. The fraction of sp³-hybridized carbons (Fsp3) is 0.465. The number of aromatic hydroxyl groups is 1. The van der Waals surface area contributed by atoms with Gasteiger partial charge in [0.2, 0.25) is 6.79 Å². The predicted molar refractivity (Wildman–Crippen MR) is 218 cm³/mol. The first-order valence-corrected chi connectivity index (χ1v) is 20.7. The van der Waals surface area contributed by atoms with Crippen LogP contribution in [-0.2, 0) is 32.7 Å². The number of aromatic amines is 1. The molecule has 6 aliphatic rings. The van der Waals surface area contributed by atoms with E-state index >= 15 is 4.79 Å². The average Bonchev–Trinajstić information content (AvgIpc) is 3.82. The molecule has 59 heavy (non-hydrogen) atoms. The summed E-state index contributed by atoms with van der Waals surface area (Å²) in [5.41, 5.74) is 11.6. The molecule has 1 saturated heterocycles. The van der Waals surface area contributed by atoms with Crippen molar-refractivity contribution in [3.8, 4) is 40.6 Å². The largest absolute Gasteiger partial charge is 0.504 e. The number of esters is 2. The number of rotatable bonds is 5. The summed E-state index contributed by atoms with van der Waals surface area (Å²) in [6, 6.07) is 7.40. The molecule has 1 fully saturated rings. The number of fused-ring (bicyclic) bond motifs is 8. The maximum absolute atomic E-state index is 15.2. The number of nitrogens with zero attached hydrogens (tertiary/aromatic N) is 3. The molecule has 7 atom stereocenters. The molecule has 0 radical (unpaired) electrons. The Morgan fingerprint density at radius 3 is 2.58 bits per heavy atom. The van der Waals surface area contributed by atoms with E-state index in [4.69, 9.17) is 34.2 Å². The number of hydrogen-bond donors (Lipinski definition) is 4. The first-order valence-electron chi connectivity index (χ1n) is 19.7. The van der Waals surface area contributed by atoms with Crippen molar-refractivity contribution < 1.29 is 43.1 Å². The molecule has 10 rings (SSSR count). The molecule has 3 aromatic carbocycles. The van der Waals surface area contributed by atoms with Crippen molar-refractivity contribution >= 4 is 34.6 Å². The molecule has 1 unspecified atom stereocenters. The van der Waals surface area contributed by atoms with E-state index in [0.717, 1.165) is 27.6 Å². The molecule has 0 amide bonds. The first kappa shape index (κ1) is 39.3. The molecule has 5 N–H and O–H groups in total. The van der Waals surface area contributed by atoms with Crippen molar-refractivity contribution in [2.75, 3.05) is 54.0 Å². The van der Waals surface area contributed by atoms with Crippen molar-refractivity contribution in [1.82, 2.24) is 20.1 Å². The number of carbonyl (C=O) groups is 2. The van der Waals surface area contributed by atoms with Gasteiger partial charge in [-0.05, 0) is 69.3 Å². The summed E-state index contributed by atoms with van der Waals surface area (Å²) in [5, 5.41) is 27.3. The number of nitriles is 1. The van der Waals surface area contributed by atoms with Gasteiger partial charge in [0.1, 0.15) is 24.1 Å². The Bertz CT molecular complexity index is 2460. The lowest BCUT2D eigenvalue weighted by molar-refractivity contribution is -0.155. The van der Waals surface area contributed by atoms with Crippen molar-refractivity contribution in [1.29, 1.82) is 5.26 Å². The van der Waals surface area contributed by atoms with Gasteiger partial charge in [-0.2, -0.15) is 5.26 Å². The van der Waals surface area contributed by atoms with Crippen LogP contribution in [0, 0.1) is 25.2 Å². The third-order valence-electron chi connectivity index (χ3n) is 12.7. The lowest BCUT2D eigenvalue weighted by atomic mass is 9.80. The lowest BCUT2D eigenvalue weighted by Gasteiger charge is -2.53. The summed E-state index contributed by atoms with van der Waals surface area (Å²) in [6.45, 7) is 5.06. The molecule has 2 bridgehead atoms. The lowest BCUT2D eigenvalue weighted by Crippen LogP contribution is -2.63. The first-order chi connectivity index (χ1) is 28.4. The summed E-state index contributed by atoms with van der Waals surface area (Å²) >= 11 is 1.49. The normalized spacial score (nSPS) is 26.9. The number of thioether (sulfide) groups is 1. The Balaban J connectivity index is 1.34. The highest BCUT2D eigenvalue weighted by atomic mass is 32.2. The maximum atomic E-state index is 15.2. The van der Waals surface area contributed by atoms with Gasteiger partial charge in [0, 0.05) is 70.9 Å². The number of nitrogens with two attached hydrogens (primary N) is 1. The van der Waals surface area contributed by atoms with E-state index in [-0.39, 0.29) is 43.9 Å². The van der Waals surface area contributed by atoms with E-state index in [1.165, 1.54) is 25.8 Å². The molecule has 1 spiro atoms. The van der Waals surface area contributed by atoms with Crippen LogP contribution in [0.15, 0.2) is 24.3 Å². The molecule has 0 saturated carbocycles. The van der Waals surface area contributed by atoms with Crippen LogP contribution in [0.4, 0.5) is 0 Å². The van der Waals surface area contributed by atoms with Crippen molar-refractivity contribution in [2.45, 2.75) is 74.6 Å². The van der Waals surface area contributed by atoms with Gasteiger partial charge in [0.05, 0.1) is 43.3 Å². The smallest absolute Gasteiger partial charge is 0.333 e. The van der Waals surface area contributed by atoms with Crippen molar-refractivity contribution in [2.24, 2.45) is 5.73 Å². The van der Waals surface area contributed by atoms with Crippen LogP contribution in [0.25, 0.3) is 10.9 Å². The fourth-order valence-corrected chi connectivity index (χ4v) is 12.0. The number of phenolic OH excluding ortho intramolecular Hbond substituents is 1. The minimum atomic E-state index is -1.41. The highest BCUT2D eigenvalue weighted by Gasteiger charge is 2.58. The SMILES string of the molecule is COc1ccc2[nH]c3c(c2c1)C[C@H](CN)N[C@]31CS[C@@H]2c3c(OC(C)=O)c(C)c4c(c3[C@H](COC1=O)N1C(C#N)Cc3cc(C)c(OC)c(O)c3[C@H](N(C)C)[C@H]21)OCO4. The second kappa shape index (κ2) is 14.5.